The SMILES string of the molecule is CC(O)CCOCCOCC1CC2CC1C1CCCC21. The fraction of sp³-hybridized carbons (Fsp3) is 1.00. The summed E-state index contributed by atoms with van der Waals surface area (Å²) in [6.45, 7) is 4.76. The summed E-state index contributed by atoms with van der Waals surface area (Å²) in [5.41, 5.74) is 0. The Morgan fingerprint density at radius 1 is 1.00 bits per heavy atom. The zero-order valence-electron chi connectivity index (χ0n) is 12.8. The van der Waals surface area contributed by atoms with Crippen molar-refractivity contribution in [2.24, 2.45) is 29.6 Å². The predicted octanol–water partition coefficient (Wildman–Crippen LogP) is 2.86. The normalized spacial score (nSPS) is 40.2. The second kappa shape index (κ2) is 6.76. The highest BCUT2D eigenvalue weighted by molar-refractivity contribution is 5.02. The summed E-state index contributed by atoms with van der Waals surface area (Å²) < 4.78 is 11.3. The van der Waals surface area contributed by atoms with E-state index in [9.17, 15) is 0 Å². The molecule has 1 N–H and O–H groups in total. The molecule has 6 unspecified atom stereocenters. The lowest BCUT2D eigenvalue weighted by Gasteiger charge is -2.31. The van der Waals surface area contributed by atoms with Gasteiger partial charge in [0, 0.05) is 13.2 Å². The van der Waals surface area contributed by atoms with Gasteiger partial charge in [-0.05, 0) is 68.6 Å². The van der Waals surface area contributed by atoms with Gasteiger partial charge >= 0.3 is 0 Å². The van der Waals surface area contributed by atoms with Crippen LogP contribution in [0.2, 0.25) is 0 Å². The summed E-state index contributed by atoms with van der Waals surface area (Å²) in [6, 6.07) is 0. The number of hydrogen-bond donors (Lipinski definition) is 1. The smallest absolute Gasteiger partial charge is 0.0700 e. The first-order valence-electron chi connectivity index (χ1n) is 8.59. The molecular weight excluding hydrogens is 252 g/mol. The molecule has 3 saturated carbocycles. The van der Waals surface area contributed by atoms with Crippen LogP contribution in [0.3, 0.4) is 0 Å². The second-order valence-electron chi connectivity index (χ2n) is 7.24. The molecule has 0 aromatic rings. The molecule has 0 saturated heterocycles. The van der Waals surface area contributed by atoms with E-state index in [1.54, 1.807) is 6.92 Å². The molecule has 3 rings (SSSR count). The van der Waals surface area contributed by atoms with Crippen LogP contribution in [0.1, 0.15) is 45.4 Å². The summed E-state index contributed by atoms with van der Waals surface area (Å²) in [4.78, 5) is 0. The highest BCUT2D eigenvalue weighted by Gasteiger charge is 2.53. The van der Waals surface area contributed by atoms with Crippen LogP contribution in [-0.4, -0.2) is 37.6 Å². The molecule has 2 bridgehead atoms. The maximum Gasteiger partial charge on any atom is 0.0700 e. The van der Waals surface area contributed by atoms with E-state index in [2.05, 4.69) is 0 Å². The molecule has 20 heavy (non-hydrogen) atoms. The topological polar surface area (TPSA) is 38.7 Å². The van der Waals surface area contributed by atoms with Crippen LogP contribution in [0.15, 0.2) is 0 Å². The molecule has 0 aromatic heterocycles. The lowest BCUT2D eigenvalue weighted by atomic mass is 9.76. The number of fused-ring (bicyclic) bond motifs is 5. The summed E-state index contributed by atoms with van der Waals surface area (Å²) in [7, 11) is 0. The van der Waals surface area contributed by atoms with Crippen LogP contribution < -0.4 is 0 Å². The van der Waals surface area contributed by atoms with Crippen molar-refractivity contribution in [3.05, 3.63) is 0 Å². The monoisotopic (exact) mass is 282 g/mol. The van der Waals surface area contributed by atoms with Crippen LogP contribution in [0.25, 0.3) is 0 Å². The highest BCUT2D eigenvalue weighted by atomic mass is 16.5. The Bertz CT molecular complexity index is 305. The molecular formula is C17H30O3. The van der Waals surface area contributed by atoms with E-state index < -0.39 is 0 Å². The van der Waals surface area contributed by atoms with Crippen molar-refractivity contribution in [2.75, 3.05) is 26.4 Å². The quantitative estimate of drug-likeness (QED) is 0.696. The Labute approximate surface area is 123 Å². The van der Waals surface area contributed by atoms with Gasteiger partial charge in [0.25, 0.3) is 0 Å². The lowest BCUT2D eigenvalue weighted by molar-refractivity contribution is 0.00903. The van der Waals surface area contributed by atoms with Crippen LogP contribution in [0, 0.1) is 29.6 Å². The standard InChI is InChI=1S/C17H30O3/c1-12(18)5-6-19-7-8-20-11-14-9-13-10-17(14)16-4-2-3-15(13)16/h12-18H,2-11H2,1H3. The molecule has 0 spiro atoms. The minimum atomic E-state index is -0.260. The molecule has 0 aliphatic heterocycles. The third-order valence-electron chi connectivity index (χ3n) is 5.95. The van der Waals surface area contributed by atoms with E-state index in [0.29, 0.717) is 19.8 Å². The summed E-state index contributed by atoms with van der Waals surface area (Å²) in [5.74, 6) is 4.97. The van der Waals surface area contributed by atoms with Gasteiger partial charge in [0.15, 0.2) is 0 Å². The van der Waals surface area contributed by atoms with Gasteiger partial charge in [-0.2, -0.15) is 0 Å². The minimum absolute atomic E-state index is 0.260. The van der Waals surface area contributed by atoms with Crippen LogP contribution in [0.5, 0.6) is 0 Å². The summed E-state index contributed by atoms with van der Waals surface area (Å²) in [6.07, 6.45) is 7.86. The molecule has 0 amide bonds. The number of ether oxygens (including phenoxy) is 2. The zero-order valence-corrected chi connectivity index (χ0v) is 12.8. The van der Waals surface area contributed by atoms with Crippen molar-refractivity contribution in [1.82, 2.24) is 0 Å². The first kappa shape index (κ1) is 14.8. The van der Waals surface area contributed by atoms with Gasteiger partial charge in [-0.3, -0.25) is 0 Å². The Morgan fingerprint density at radius 3 is 2.65 bits per heavy atom. The molecule has 3 aliphatic carbocycles. The molecule has 3 fully saturated rings. The fourth-order valence-corrected chi connectivity index (χ4v) is 5.11. The Kier molecular flexibility index (Phi) is 5.00. The average molecular weight is 282 g/mol. The first-order valence-corrected chi connectivity index (χ1v) is 8.59. The van der Waals surface area contributed by atoms with E-state index in [4.69, 9.17) is 14.6 Å². The highest BCUT2D eigenvalue weighted by Crippen LogP contribution is 2.60. The summed E-state index contributed by atoms with van der Waals surface area (Å²) in [5, 5.41) is 9.12. The van der Waals surface area contributed by atoms with Crippen molar-refractivity contribution >= 4 is 0 Å². The van der Waals surface area contributed by atoms with Gasteiger partial charge in [0.05, 0.1) is 19.3 Å². The number of hydrogen-bond acceptors (Lipinski definition) is 3. The average Bonchev–Trinajstić information content (AvgIpc) is 3.09. The number of aliphatic hydroxyl groups is 1. The second-order valence-corrected chi connectivity index (χ2v) is 7.24. The van der Waals surface area contributed by atoms with Gasteiger partial charge in [-0.1, -0.05) is 6.42 Å². The number of rotatable bonds is 8. The minimum Gasteiger partial charge on any atom is -0.393 e. The Balaban J connectivity index is 1.27. The summed E-state index contributed by atoms with van der Waals surface area (Å²) >= 11 is 0. The van der Waals surface area contributed by atoms with Crippen molar-refractivity contribution < 1.29 is 14.6 Å². The lowest BCUT2D eigenvalue weighted by Crippen LogP contribution is -2.27. The molecule has 0 radical (unpaired) electrons. The van der Waals surface area contributed by atoms with Crippen molar-refractivity contribution in [3.8, 4) is 0 Å². The van der Waals surface area contributed by atoms with E-state index in [1.807, 2.05) is 0 Å². The van der Waals surface area contributed by atoms with E-state index in [0.717, 1.165) is 42.6 Å². The van der Waals surface area contributed by atoms with Crippen molar-refractivity contribution in [3.63, 3.8) is 0 Å². The zero-order chi connectivity index (χ0) is 13.9. The van der Waals surface area contributed by atoms with Gasteiger partial charge in [0.1, 0.15) is 0 Å². The molecule has 3 heteroatoms. The van der Waals surface area contributed by atoms with E-state index in [1.165, 1.54) is 32.1 Å². The molecule has 0 heterocycles. The molecule has 6 atom stereocenters. The third-order valence-corrected chi connectivity index (χ3v) is 5.95. The first-order chi connectivity index (χ1) is 9.75. The van der Waals surface area contributed by atoms with Gasteiger partial charge in [-0.25, -0.2) is 0 Å². The van der Waals surface area contributed by atoms with Gasteiger partial charge < -0.3 is 14.6 Å². The van der Waals surface area contributed by atoms with Crippen LogP contribution >= 0.6 is 0 Å². The third kappa shape index (κ3) is 3.20. The maximum atomic E-state index is 9.12. The molecule has 3 nitrogen and oxygen atoms in total. The fourth-order valence-electron chi connectivity index (χ4n) is 5.11. The van der Waals surface area contributed by atoms with E-state index >= 15 is 0 Å². The van der Waals surface area contributed by atoms with Gasteiger partial charge in [-0.15, -0.1) is 0 Å². The van der Waals surface area contributed by atoms with Crippen molar-refractivity contribution in [1.29, 1.82) is 0 Å². The Hall–Kier alpha value is -0.120. The Morgan fingerprint density at radius 2 is 1.80 bits per heavy atom. The van der Waals surface area contributed by atoms with E-state index in [-0.39, 0.29) is 6.10 Å². The van der Waals surface area contributed by atoms with Gasteiger partial charge in [0.2, 0.25) is 0 Å². The molecule has 0 aromatic carbocycles. The molecule has 3 aliphatic rings. The predicted molar refractivity (Wildman–Crippen MR) is 78.5 cm³/mol. The maximum absolute atomic E-state index is 9.12. The van der Waals surface area contributed by atoms with Crippen LogP contribution in [0.4, 0.5) is 0 Å². The largest absolute Gasteiger partial charge is 0.393 e. The molecule has 116 valence electrons. The van der Waals surface area contributed by atoms with Crippen molar-refractivity contribution in [2.45, 2.75) is 51.6 Å². The van der Waals surface area contributed by atoms with Crippen LogP contribution in [-0.2, 0) is 9.47 Å². The number of aliphatic hydroxyl groups excluding tert-OH is 1.